The number of esters is 1. The van der Waals surface area contributed by atoms with Gasteiger partial charge in [-0.25, -0.2) is 0 Å². The molecule has 3 rings (SSSR count). The van der Waals surface area contributed by atoms with E-state index in [2.05, 4.69) is 48.4 Å². The van der Waals surface area contributed by atoms with Crippen LogP contribution in [0.3, 0.4) is 0 Å². The first-order valence-electron chi connectivity index (χ1n) is 14.3. The Kier molecular flexibility index (Phi) is 12.9. The van der Waals surface area contributed by atoms with Crippen molar-refractivity contribution >= 4 is 17.3 Å². The lowest BCUT2D eigenvalue weighted by Gasteiger charge is -2.35. The van der Waals surface area contributed by atoms with E-state index in [1.807, 2.05) is 17.4 Å². The van der Waals surface area contributed by atoms with Crippen molar-refractivity contribution in [2.24, 2.45) is 0 Å². The summed E-state index contributed by atoms with van der Waals surface area (Å²) in [6.07, 6.45) is 17.4. The van der Waals surface area contributed by atoms with Crippen molar-refractivity contribution in [3.05, 3.63) is 51.7 Å². The summed E-state index contributed by atoms with van der Waals surface area (Å²) in [5, 5.41) is 2.18. The maximum atomic E-state index is 12.5. The SMILES string of the molecule is CCCCCCCCCCCC(=O)Oc1cccc2c1CCC(N(CCC)CCc1cccs1)C2. The van der Waals surface area contributed by atoms with Gasteiger partial charge in [-0.3, -0.25) is 9.69 Å². The van der Waals surface area contributed by atoms with Gasteiger partial charge in [0, 0.05) is 23.9 Å². The normalized spacial score (nSPS) is 15.3. The second-order valence-corrected chi connectivity index (χ2v) is 11.2. The fourth-order valence-electron chi connectivity index (χ4n) is 5.39. The summed E-state index contributed by atoms with van der Waals surface area (Å²) in [7, 11) is 0. The van der Waals surface area contributed by atoms with Gasteiger partial charge in [-0.2, -0.15) is 0 Å². The number of thiophene rings is 1. The van der Waals surface area contributed by atoms with Gasteiger partial charge in [-0.15, -0.1) is 11.3 Å². The molecule has 1 heterocycles. The summed E-state index contributed by atoms with van der Waals surface area (Å²) >= 11 is 1.86. The van der Waals surface area contributed by atoms with Gasteiger partial charge in [0.2, 0.25) is 0 Å². The Morgan fingerprint density at radius 3 is 2.43 bits per heavy atom. The molecule has 4 heteroatoms. The second-order valence-electron chi connectivity index (χ2n) is 10.2. The lowest BCUT2D eigenvalue weighted by molar-refractivity contribution is -0.134. The van der Waals surface area contributed by atoms with Crippen molar-refractivity contribution in [3.8, 4) is 5.75 Å². The van der Waals surface area contributed by atoms with E-state index in [0.29, 0.717) is 12.5 Å². The van der Waals surface area contributed by atoms with Crippen molar-refractivity contribution < 1.29 is 9.53 Å². The van der Waals surface area contributed by atoms with Crippen LogP contribution in [0.2, 0.25) is 0 Å². The third kappa shape index (κ3) is 9.73. The molecule has 1 aliphatic rings. The van der Waals surface area contributed by atoms with Crippen LogP contribution in [0.1, 0.15) is 107 Å². The van der Waals surface area contributed by atoms with Crippen LogP contribution >= 0.6 is 11.3 Å². The molecule has 0 fully saturated rings. The minimum Gasteiger partial charge on any atom is -0.426 e. The lowest BCUT2D eigenvalue weighted by atomic mass is 9.86. The predicted molar refractivity (Wildman–Crippen MR) is 150 cm³/mol. The number of ether oxygens (including phenoxy) is 1. The largest absolute Gasteiger partial charge is 0.426 e. The zero-order valence-electron chi connectivity index (χ0n) is 22.2. The first-order valence-corrected chi connectivity index (χ1v) is 15.2. The summed E-state index contributed by atoms with van der Waals surface area (Å²) < 4.78 is 5.87. The van der Waals surface area contributed by atoms with Gasteiger partial charge in [0.15, 0.2) is 0 Å². The fraction of sp³-hybridized carbons (Fsp3) is 0.645. The molecule has 0 spiro atoms. The molecule has 0 saturated carbocycles. The second kappa shape index (κ2) is 16.2. The van der Waals surface area contributed by atoms with E-state index < -0.39 is 0 Å². The molecule has 0 bridgehead atoms. The van der Waals surface area contributed by atoms with Crippen molar-refractivity contribution in [3.63, 3.8) is 0 Å². The summed E-state index contributed by atoms with van der Waals surface area (Å²) in [5.74, 6) is 0.745. The van der Waals surface area contributed by atoms with E-state index in [0.717, 1.165) is 57.4 Å². The molecule has 0 aliphatic heterocycles. The zero-order valence-corrected chi connectivity index (χ0v) is 23.1. The number of benzene rings is 1. The van der Waals surface area contributed by atoms with Gasteiger partial charge >= 0.3 is 5.97 Å². The van der Waals surface area contributed by atoms with Crippen molar-refractivity contribution in [1.29, 1.82) is 0 Å². The Morgan fingerprint density at radius 1 is 0.943 bits per heavy atom. The summed E-state index contributed by atoms with van der Waals surface area (Å²) in [4.78, 5) is 16.7. The number of hydrogen-bond acceptors (Lipinski definition) is 4. The third-order valence-corrected chi connectivity index (χ3v) is 8.31. The topological polar surface area (TPSA) is 29.5 Å². The molecule has 0 radical (unpaired) electrons. The Hall–Kier alpha value is -1.65. The van der Waals surface area contributed by atoms with Gasteiger partial charge in [0.1, 0.15) is 5.75 Å². The van der Waals surface area contributed by atoms with Gasteiger partial charge in [-0.05, 0) is 73.7 Å². The molecule has 35 heavy (non-hydrogen) atoms. The quantitative estimate of drug-likeness (QED) is 0.125. The number of carbonyl (C=O) groups is 1. The highest BCUT2D eigenvalue weighted by Crippen LogP contribution is 2.32. The van der Waals surface area contributed by atoms with Crippen LogP contribution in [0.25, 0.3) is 0 Å². The van der Waals surface area contributed by atoms with E-state index in [1.54, 1.807) is 0 Å². The minimum absolute atomic E-state index is 0.0629. The predicted octanol–water partition coefficient (Wildman–Crippen LogP) is 8.39. The molecule has 1 unspecified atom stereocenters. The van der Waals surface area contributed by atoms with E-state index >= 15 is 0 Å². The molecule has 1 aromatic heterocycles. The maximum absolute atomic E-state index is 12.5. The van der Waals surface area contributed by atoms with Crippen LogP contribution in [0, 0.1) is 0 Å². The minimum atomic E-state index is -0.0629. The molecule has 1 atom stereocenters. The number of nitrogens with zero attached hydrogens (tertiary/aromatic N) is 1. The van der Waals surface area contributed by atoms with Gasteiger partial charge in [0.05, 0.1) is 0 Å². The molecule has 0 N–H and O–H groups in total. The van der Waals surface area contributed by atoms with Crippen LogP contribution in [-0.4, -0.2) is 30.0 Å². The molecule has 3 nitrogen and oxygen atoms in total. The van der Waals surface area contributed by atoms with Crippen molar-refractivity contribution in [2.45, 2.75) is 116 Å². The number of unbranched alkanes of at least 4 members (excludes halogenated alkanes) is 8. The Labute approximate surface area is 218 Å². The highest BCUT2D eigenvalue weighted by molar-refractivity contribution is 7.09. The standard InChI is InChI=1S/C31H47NO2S/c1-3-5-6-7-8-9-10-11-12-18-31(33)34-30-17-13-15-26-25-27(19-20-29(26)30)32(22-4-2)23-21-28-16-14-24-35-28/h13-17,24,27H,3-12,18-23,25H2,1-2H3. The Morgan fingerprint density at radius 2 is 1.71 bits per heavy atom. The highest BCUT2D eigenvalue weighted by atomic mass is 32.1. The van der Waals surface area contributed by atoms with Gasteiger partial charge in [-0.1, -0.05) is 83.4 Å². The van der Waals surface area contributed by atoms with Crippen molar-refractivity contribution in [2.75, 3.05) is 13.1 Å². The van der Waals surface area contributed by atoms with E-state index in [4.69, 9.17) is 4.74 Å². The number of hydrogen-bond donors (Lipinski definition) is 0. The summed E-state index contributed by atoms with van der Waals surface area (Å²) in [6, 6.07) is 11.3. The van der Waals surface area contributed by atoms with Gasteiger partial charge in [0.25, 0.3) is 0 Å². The summed E-state index contributed by atoms with van der Waals surface area (Å²) in [5.41, 5.74) is 2.63. The average Bonchev–Trinajstić information content (AvgIpc) is 3.39. The van der Waals surface area contributed by atoms with Crippen molar-refractivity contribution in [1.82, 2.24) is 4.90 Å². The third-order valence-electron chi connectivity index (χ3n) is 7.37. The number of rotatable bonds is 17. The fourth-order valence-corrected chi connectivity index (χ4v) is 6.08. The first kappa shape index (κ1) is 27.9. The molecule has 1 aliphatic carbocycles. The molecular formula is C31H47NO2S. The van der Waals surface area contributed by atoms with E-state index in [1.165, 1.54) is 67.4 Å². The van der Waals surface area contributed by atoms with E-state index in [9.17, 15) is 4.79 Å². The van der Waals surface area contributed by atoms with Crippen LogP contribution in [0.4, 0.5) is 0 Å². The molecular weight excluding hydrogens is 450 g/mol. The zero-order chi connectivity index (χ0) is 24.7. The number of carbonyl (C=O) groups excluding carboxylic acids is 1. The molecule has 0 amide bonds. The molecule has 0 saturated heterocycles. The highest BCUT2D eigenvalue weighted by Gasteiger charge is 2.26. The Balaban J connectivity index is 1.43. The molecule has 2 aromatic rings. The van der Waals surface area contributed by atoms with E-state index in [-0.39, 0.29) is 5.97 Å². The van der Waals surface area contributed by atoms with Crippen LogP contribution in [-0.2, 0) is 24.1 Å². The first-order chi connectivity index (χ1) is 17.2. The Bertz CT molecular complexity index is 848. The average molecular weight is 498 g/mol. The smallest absolute Gasteiger partial charge is 0.311 e. The van der Waals surface area contributed by atoms with Crippen LogP contribution in [0.15, 0.2) is 35.7 Å². The molecule has 1 aromatic carbocycles. The maximum Gasteiger partial charge on any atom is 0.311 e. The lowest BCUT2D eigenvalue weighted by Crippen LogP contribution is -2.41. The van der Waals surface area contributed by atoms with Gasteiger partial charge < -0.3 is 4.74 Å². The monoisotopic (exact) mass is 497 g/mol. The van der Waals surface area contributed by atoms with Crippen LogP contribution < -0.4 is 4.74 Å². The molecule has 194 valence electrons. The van der Waals surface area contributed by atoms with Crippen LogP contribution in [0.5, 0.6) is 5.75 Å². The number of fused-ring (bicyclic) bond motifs is 1. The summed E-state index contributed by atoms with van der Waals surface area (Å²) in [6.45, 7) is 6.82.